The summed E-state index contributed by atoms with van der Waals surface area (Å²) in [6, 6.07) is 14.8. The highest BCUT2D eigenvalue weighted by Crippen LogP contribution is 2.44. The maximum Gasteiger partial charge on any atom is 0.407 e. The van der Waals surface area contributed by atoms with Crippen molar-refractivity contribution in [1.29, 1.82) is 0 Å². The summed E-state index contributed by atoms with van der Waals surface area (Å²) in [4.78, 5) is 38.3. The Morgan fingerprint density at radius 1 is 1.12 bits per heavy atom. The lowest BCUT2D eigenvalue weighted by Gasteiger charge is -2.36. The zero-order valence-electron chi connectivity index (χ0n) is 18.5. The van der Waals surface area contributed by atoms with Crippen molar-refractivity contribution in [3.05, 3.63) is 59.7 Å². The lowest BCUT2D eigenvalue weighted by atomic mass is 9.98. The van der Waals surface area contributed by atoms with Crippen molar-refractivity contribution in [3.63, 3.8) is 0 Å². The van der Waals surface area contributed by atoms with Crippen LogP contribution in [0, 0.1) is 0 Å². The van der Waals surface area contributed by atoms with Gasteiger partial charge in [0.25, 0.3) is 0 Å². The summed E-state index contributed by atoms with van der Waals surface area (Å²) in [5, 5.41) is 11.8. The average molecular weight is 453 g/mol. The van der Waals surface area contributed by atoms with Gasteiger partial charge in [0, 0.05) is 12.5 Å². The van der Waals surface area contributed by atoms with Gasteiger partial charge in [-0.05, 0) is 28.7 Å². The monoisotopic (exact) mass is 452 g/mol. The van der Waals surface area contributed by atoms with Crippen LogP contribution in [0.25, 0.3) is 11.1 Å². The number of aliphatic carboxylic acids is 1. The summed E-state index contributed by atoms with van der Waals surface area (Å²) in [6.45, 7) is 2.74. The predicted molar refractivity (Wildman–Crippen MR) is 121 cm³/mol. The van der Waals surface area contributed by atoms with Gasteiger partial charge in [-0.2, -0.15) is 0 Å². The molecule has 1 saturated heterocycles. The smallest absolute Gasteiger partial charge is 0.407 e. The molecule has 2 aromatic rings. The van der Waals surface area contributed by atoms with Gasteiger partial charge in [0.1, 0.15) is 12.6 Å². The van der Waals surface area contributed by atoms with Crippen LogP contribution in [0.2, 0.25) is 0 Å². The van der Waals surface area contributed by atoms with E-state index in [0.29, 0.717) is 19.6 Å². The molecule has 1 heterocycles. The molecule has 0 radical (unpaired) electrons. The van der Waals surface area contributed by atoms with Gasteiger partial charge in [0.15, 0.2) is 0 Å². The Labute approximate surface area is 192 Å². The van der Waals surface area contributed by atoms with Crippen molar-refractivity contribution in [3.8, 4) is 11.1 Å². The number of nitrogens with zero attached hydrogens (tertiary/aromatic N) is 1. The van der Waals surface area contributed by atoms with Gasteiger partial charge in [-0.3, -0.25) is 9.59 Å². The number of carbonyl (C=O) groups excluding carboxylic acids is 2. The summed E-state index contributed by atoms with van der Waals surface area (Å²) in [5.41, 5.74) is 4.50. The van der Waals surface area contributed by atoms with E-state index in [1.807, 2.05) is 36.4 Å². The van der Waals surface area contributed by atoms with Gasteiger partial charge in [0.2, 0.25) is 5.91 Å². The first kappa shape index (κ1) is 22.8. The van der Waals surface area contributed by atoms with Crippen molar-refractivity contribution in [2.24, 2.45) is 0 Å². The first-order valence-corrected chi connectivity index (χ1v) is 11.2. The maximum atomic E-state index is 13.1. The Morgan fingerprint density at radius 2 is 1.76 bits per heavy atom. The van der Waals surface area contributed by atoms with Crippen LogP contribution in [-0.2, 0) is 19.1 Å². The lowest BCUT2D eigenvalue weighted by molar-refractivity contribution is -0.147. The molecular formula is C25H28N2O6. The van der Waals surface area contributed by atoms with Crippen molar-refractivity contribution in [2.75, 3.05) is 26.4 Å². The van der Waals surface area contributed by atoms with Crippen LogP contribution < -0.4 is 5.32 Å². The normalized spacial score (nSPS) is 18.2. The Kier molecular flexibility index (Phi) is 6.93. The van der Waals surface area contributed by atoms with E-state index in [2.05, 4.69) is 17.4 Å². The number of nitrogens with one attached hydrogen (secondary N) is 1. The third kappa shape index (κ3) is 4.85. The van der Waals surface area contributed by atoms with E-state index in [9.17, 15) is 14.4 Å². The number of ether oxygens (including phenoxy) is 2. The Balaban J connectivity index is 1.40. The predicted octanol–water partition coefficient (Wildman–Crippen LogP) is 3.01. The molecule has 174 valence electrons. The summed E-state index contributed by atoms with van der Waals surface area (Å²) < 4.78 is 10.9. The van der Waals surface area contributed by atoms with E-state index in [-0.39, 0.29) is 31.5 Å². The fraction of sp³-hybridized carbons (Fsp3) is 0.400. The Morgan fingerprint density at radius 3 is 2.36 bits per heavy atom. The largest absolute Gasteiger partial charge is 0.481 e. The fourth-order valence-corrected chi connectivity index (χ4v) is 4.64. The first-order valence-electron chi connectivity index (χ1n) is 11.2. The van der Waals surface area contributed by atoms with Crippen molar-refractivity contribution < 1.29 is 29.0 Å². The second-order valence-electron chi connectivity index (χ2n) is 8.29. The molecule has 2 unspecified atom stereocenters. The summed E-state index contributed by atoms with van der Waals surface area (Å²) in [6.07, 6.45) is -0.507. The van der Waals surface area contributed by atoms with Gasteiger partial charge >= 0.3 is 12.1 Å². The van der Waals surface area contributed by atoms with Crippen molar-refractivity contribution in [1.82, 2.24) is 10.2 Å². The molecule has 2 aromatic carbocycles. The molecule has 0 bridgehead atoms. The van der Waals surface area contributed by atoms with E-state index < -0.39 is 24.1 Å². The topological polar surface area (TPSA) is 105 Å². The van der Waals surface area contributed by atoms with E-state index in [1.165, 1.54) is 4.90 Å². The molecule has 2 N–H and O–H groups in total. The third-order valence-electron chi connectivity index (χ3n) is 6.26. The molecule has 2 atom stereocenters. The van der Waals surface area contributed by atoms with E-state index in [1.54, 1.807) is 6.92 Å². The number of amides is 2. The molecule has 4 rings (SSSR count). The van der Waals surface area contributed by atoms with Crippen LogP contribution in [0.1, 0.15) is 36.8 Å². The molecule has 33 heavy (non-hydrogen) atoms. The van der Waals surface area contributed by atoms with Gasteiger partial charge in [0.05, 0.1) is 25.7 Å². The maximum absolute atomic E-state index is 13.1. The van der Waals surface area contributed by atoms with Gasteiger partial charge in [-0.15, -0.1) is 0 Å². The molecule has 1 aliphatic carbocycles. The van der Waals surface area contributed by atoms with Crippen LogP contribution in [0.15, 0.2) is 48.5 Å². The Hall–Kier alpha value is -3.39. The first-order chi connectivity index (χ1) is 16.0. The van der Waals surface area contributed by atoms with Crippen LogP contribution in [-0.4, -0.2) is 66.4 Å². The average Bonchev–Trinajstić information content (AvgIpc) is 3.14. The number of hydrogen-bond acceptors (Lipinski definition) is 5. The highest BCUT2D eigenvalue weighted by Gasteiger charge is 2.34. The minimum Gasteiger partial charge on any atom is -0.481 e. The van der Waals surface area contributed by atoms with E-state index in [0.717, 1.165) is 22.3 Å². The van der Waals surface area contributed by atoms with Crippen molar-refractivity contribution in [2.45, 2.75) is 37.8 Å². The second kappa shape index (κ2) is 10.0. The second-order valence-corrected chi connectivity index (χ2v) is 8.29. The highest BCUT2D eigenvalue weighted by molar-refractivity contribution is 5.86. The quantitative estimate of drug-likeness (QED) is 0.669. The summed E-state index contributed by atoms with van der Waals surface area (Å²) >= 11 is 0. The summed E-state index contributed by atoms with van der Waals surface area (Å²) in [7, 11) is 0. The van der Waals surface area contributed by atoms with Crippen LogP contribution in [0.4, 0.5) is 4.79 Å². The third-order valence-corrected chi connectivity index (χ3v) is 6.26. The lowest BCUT2D eigenvalue weighted by Crippen LogP contribution is -2.56. The molecule has 0 aromatic heterocycles. The minimum absolute atomic E-state index is 0.0712. The number of carbonyl (C=O) groups is 3. The molecule has 0 saturated carbocycles. The molecule has 8 heteroatoms. The number of carboxylic acid groups (broad SMARTS) is 1. The molecule has 2 amide bonds. The SMILES string of the molecule is CCC(NC(=O)OCC1c2ccccc2-c2ccccc21)C(=O)N1CCOCC1CC(=O)O. The van der Waals surface area contributed by atoms with Crippen molar-refractivity contribution >= 4 is 18.0 Å². The van der Waals surface area contributed by atoms with Gasteiger partial charge in [-0.25, -0.2) is 4.79 Å². The molecule has 1 aliphatic heterocycles. The minimum atomic E-state index is -0.999. The van der Waals surface area contributed by atoms with E-state index >= 15 is 0 Å². The number of rotatable bonds is 7. The molecule has 2 aliphatic rings. The number of morpholine rings is 1. The number of hydrogen-bond donors (Lipinski definition) is 2. The molecule has 0 spiro atoms. The number of benzene rings is 2. The summed E-state index contributed by atoms with van der Waals surface area (Å²) in [5.74, 6) is -1.39. The molecular weight excluding hydrogens is 424 g/mol. The number of carboxylic acids is 1. The zero-order valence-corrected chi connectivity index (χ0v) is 18.5. The highest BCUT2D eigenvalue weighted by atomic mass is 16.5. The zero-order chi connectivity index (χ0) is 23.4. The molecule has 8 nitrogen and oxygen atoms in total. The Bertz CT molecular complexity index is 994. The van der Waals surface area contributed by atoms with E-state index in [4.69, 9.17) is 14.6 Å². The number of fused-ring (bicyclic) bond motifs is 3. The van der Waals surface area contributed by atoms with Crippen LogP contribution in [0.3, 0.4) is 0 Å². The fourth-order valence-electron chi connectivity index (χ4n) is 4.64. The van der Waals surface area contributed by atoms with Crippen LogP contribution in [0.5, 0.6) is 0 Å². The van der Waals surface area contributed by atoms with Gasteiger partial charge in [-0.1, -0.05) is 55.5 Å². The number of alkyl carbamates (subject to hydrolysis) is 1. The van der Waals surface area contributed by atoms with Gasteiger partial charge < -0.3 is 24.8 Å². The van der Waals surface area contributed by atoms with Crippen LogP contribution >= 0.6 is 0 Å². The molecule has 1 fully saturated rings. The standard InChI is InChI=1S/C25H28N2O6/c1-2-22(24(30)27-11-12-32-14-16(27)13-23(28)29)26-25(31)33-15-21-19-9-5-3-7-17(19)18-8-4-6-10-20(18)21/h3-10,16,21-22H,2,11-15H2,1H3,(H,26,31)(H,28,29).